The van der Waals surface area contributed by atoms with Gasteiger partial charge in [0.2, 0.25) is 11.8 Å². The molecule has 1 spiro atoms. The van der Waals surface area contributed by atoms with Gasteiger partial charge in [-0.05, 0) is 108 Å². The van der Waals surface area contributed by atoms with E-state index in [9.17, 15) is 24.3 Å². The Morgan fingerprint density at radius 3 is 2.17 bits per heavy atom. The summed E-state index contributed by atoms with van der Waals surface area (Å²) in [6.45, 7) is 7.90. The highest BCUT2D eigenvalue weighted by Crippen LogP contribution is 2.59. The highest BCUT2D eigenvalue weighted by Gasteiger charge is 2.56. The summed E-state index contributed by atoms with van der Waals surface area (Å²) in [5.74, 6) is -2.76. The maximum absolute atomic E-state index is 16.6. The number of carbonyl (C=O) groups excluding carboxylic acids is 3. The van der Waals surface area contributed by atoms with E-state index in [0.29, 0.717) is 58.1 Å². The molecule has 16 heteroatoms. The van der Waals surface area contributed by atoms with Gasteiger partial charge in [-0.3, -0.25) is 9.59 Å². The molecule has 5 aliphatic rings. The number of hydrogen-bond acceptors (Lipinski definition) is 7. The van der Waals surface area contributed by atoms with E-state index in [0.717, 1.165) is 43.2 Å². The summed E-state index contributed by atoms with van der Waals surface area (Å²) in [5, 5.41) is 14.6. The number of benzene rings is 3. The molecule has 3 aromatic carbocycles. The monoisotopic (exact) mass is 874 g/mol. The highest BCUT2D eigenvalue weighted by atomic mass is 19.3. The summed E-state index contributed by atoms with van der Waals surface area (Å²) in [6, 6.07) is 13.5. The number of rotatable bonds is 10. The van der Waals surface area contributed by atoms with Crippen LogP contribution in [0.5, 0.6) is 0 Å². The topological polar surface area (TPSA) is 186 Å². The summed E-state index contributed by atoms with van der Waals surface area (Å²) in [6.07, 6.45) is 5.04. The van der Waals surface area contributed by atoms with E-state index in [1.165, 1.54) is 13.2 Å². The summed E-state index contributed by atoms with van der Waals surface area (Å²) >= 11 is 0. The standard InChI is InChI=1S/C48H52F2N8O6/c1-23(2)38(55-45(61)62)43(59)57-22-47(14-15-47)20-37(57)41-51-21-36(54-41)27-8-12-31-30-11-7-25(17-32(30)48(49,50)33(31)18-27)26-9-13-34-35(19-26)53-42(52-34)40-28-6-10-29(16-28)58(40)44(60)39(24(3)4)56-46(63)64-5/h7-9,11-13,17-19,21,23-24,28-29,37-40,55H,6,10,14-16,20,22H2,1-5H3,(H,51,54)(H,52,53)(H,56,63)(H,61,62)/t28-,29+,37-,38-,39-,40-/m0/s1. The first-order valence-electron chi connectivity index (χ1n) is 22.2. The van der Waals surface area contributed by atoms with Crippen LogP contribution in [-0.2, 0) is 20.2 Å². The van der Waals surface area contributed by atoms with Crippen molar-refractivity contribution >= 4 is 35.0 Å². The van der Waals surface area contributed by atoms with Crippen LogP contribution in [0.3, 0.4) is 0 Å². The molecule has 3 aliphatic carbocycles. The van der Waals surface area contributed by atoms with Gasteiger partial charge in [0.1, 0.15) is 23.7 Å². The van der Waals surface area contributed by atoms with E-state index in [1.54, 1.807) is 49.2 Å². The third-order valence-corrected chi connectivity index (χ3v) is 14.5. The van der Waals surface area contributed by atoms with Gasteiger partial charge >= 0.3 is 12.2 Å². The second-order valence-corrected chi connectivity index (χ2v) is 19.3. The lowest BCUT2D eigenvalue weighted by Gasteiger charge is -2.37. The van der Waals surface area contributed by atoms with E-state index in [4.69, 9.17) is 9.72 Å². The van der Waals surface area contributed by atoms with Gasteiger partial charge in [0.15, 0.2) is 0 Å². The van der Waals surface area contributed by atoms with Crippen LogP contribution in [0.25, 0.3) is 44.5 Å². The second-order valence-electron chi connectivity index (χ2n) is 19.3. The molecule has 6 atom stereocenters. The Hall–Kier alpha value is -6.32. The molecule has 2 saturated carbocycles. The number of hydrogen-bond donors (Lipinski definition) is 5. The third kappa shape index (κ3) is 6.87. The first-order chi connectivity index (χ1) is 30.6. The van der Waals surface area contributed by atoms with Gasteiger partial charge in [0.05, 0.1) is 42.1 Å². The van der Waals surface area contributed by atoms with Gasteiger partial charge in [0, 0.05) is 29.3 Å². The van der Waals surface area contributed by atoms with Gasteiger partial charge < -0.3 is 40.2 Å². The van der Waals surface area contributed by atoms with Gasteiger partial charge in [0.25, 0.3) is 5.92 Å². The van der Waals surface area contributed by atoms with Crippen LogP contribution in [0.4, 0.5) is 18.4 Å². The molecule has 14 nitrogen and oxygen atoms in total. The van der Waals surface area contributed by atoms with Crippen molar-refractivity contribution in [3.8, 4) is 33.5 Å². The Balaban J connectivity index is 0.900. The predicted molar refractivity (Wildman–Crippen MR) is 233 cm³/mol. The molecule has 4 fully saturated rings. The van der Waals surface area contributed by atoms with Crippen LogP contribution >= 0.6 is 0 Å². The predicted octanol–water partition coefficient (Wildman–Crippen LogP) is 8.52. The number of ether oxygens (including phenoxy) is 1. The Morgan fingerprint density at radius 2 is 1.50 bits per heavy atom. The van der Waals surface area contributed by atoms with Crippen LogP contribution < -0.4 is 10.6 Å². The Kier molecular flexibility index (Phi) is 9.87. The van der Waals surface area contributed by atoms with Crippen LogP contribution in [-0.4, -0.2) is 90.6 Å². The normalized spacial score (nSPS) is 23.1. The minimum Gasteiger partial charge on any atom is -0.465 e. The second kappa shape index (κ2) is 15.2. The average Bonchev–Trinajstić information content (AvgIpc) is 3.93. The molecule has 64 heavy (non-hydrogen) atoms. The summed E-state index contributed by atoms with van der Waals surface area (Å²) < 4.78 is 38.1. The third-order valence-electron chi connectivity index (χ3n) is 14.5. The van der Waals surface area contributed by atoms with Crippen LogP contribution in [0.1, 0.15) is 101 Å². The molecule has 10 rings (SSSR count). The molecule has 2 bridgehead atoms. The molecule has 4 heterocycles. The lowest BCUT2D eigenvalue weighted by atomic mass is 9.95. The molecule has 5 aromatic rings. The minimum atomic E-state index is -3.30. The van der Waals surface area contributed by atoms with Gasteiger partial charge in [-0.25, -0.2) is 19.6 Å². The number of carbonyl (C=O) groups is 4. The Bertz CT molecular complexity index is 2720. The first kappa shape index (κ1) is 41.7. The van der Waals surface area contributed by atoms with Gasteiger partial charge in [-0.1, -0.05) is 58.0 Å². The fraction of sp³-hybridized carbons (Fsp3) is 0.458. The Labute approximate surface area is 368 Å². The number of nitrogens with one attached hydrogen (secondary N) is 4. The van der Waals surface area contributed by atoms with E-state index in [-0.39, 0.29) is 58.2 Å². The number of nitrogens with zero attached hydrogens (tertiary/aromatic N) is 4. The first-order valence-corrected chi connectivity index (χ1v) is 22.2. The number of amides is 4. The van der Waals surface area contributed by atoms with E-state index in [1.807, 2.05) is 43.0 Å². The molecule has 0 radical (unpaired) electrons. The highest BCUT2D eigenvalue weighted by molar-refractivity contribution is 5.89. The zero-order chi connectivity index (χ0) is 45.0. The van der Waals surface area contributed by atoms with Gasteiger partial charge in [-0.15, -0.1) is 0 Å². The van der Waals surface area contributed by atoms with E-state index >= 15 is 8.78 Å². The van der Waals surface area contributed by atoms with Crippen molar-refractivity contribution in [2.24, 2.45) is 23.2 Å². The van der Waals surface area contributed by atoms with E-state index in [2.05, 4.69) is 25.6 Å². The molecule has 0 unspecified atom stereocenters. The summed E-state index contributed by atoms with van der Waals surface area (Å²) in [5.41, 5.74) is 4.54. The van der Waals surface area contributed by atoms with Gasteiger partial charge in [-0.2, -0.15) is 8.78 Å². The zero-order valence-electron chi connectivity index (χ0n) is 36.4. The number of carboxylic acid groups (broad SMARTS) is 1. The van der Waals surface area contributed by atoms with Crippen LogP contribution in [0, 0.1) is 23.2 Å². The van der Waals surface area contributed by atoms with Crippen molar-refractivity contribution in [1.29, 1.82) is 0 Å². The lowest BCUT2D eigenvalue weighted by Crippen LogP contribution is -2.54. The van der Waals surface area contributed by atoms with Crippen molar-refractivity contribution in [1.82, 2.24) is 40.4 Å². The number of halogens is 2. The van der Waals surface area contributed by atoms with Crippen molar-refractivity contribution in [3.05, 3.63) is 83.6 Å². The quantitative estimate of drug-likeness (QED) is 0.0924. The zero-order valence-corrected chi connectivity index (χ0v) is 36.4. The Morgan fingerprint density at radius 1 is 0.844 bits per heavy atom. The maximum atomic E-state index is 16.6. The molecule has 2 aliphatic heterocycles. The summed E-state index contributed by atoms with van der Waals surface area (Å²) in [7, 11) is 1.28. The molecule has 334 valence electrons. The van der Waals surface area contributed by atoms with Crippen molar-refractivity contribution in [2.45, 2.75) is 102 Å². The molecule has 2 saturated heterocycles. The number of alkyl halides is 2. The number of aromatic nitrogens is 4. The number of imidazole rings is 2. The number of piperidine rings is 1. The van der Waals surface area contributed by atoms with Crippen molar-refractivity contribution in [3.63, 3.8) is 0 Å². The van der Waals surface area contributed by atoms with Crippen molar-refractivity contribution in [2.75, 3.05) is 13.7 Å². The van der Waals surface area contributed by atoms with Crippen molar-refractivity contribution < 1.29 is 37.8 Å². The molecule has 2 aromatic heterocycles. The maximum Gasteiger partial charge on any atom is 0.407 e. The van der Waals surface area contributed by atoms with E-state index < -0.39 is 36.2 Å². The fourth-order valence-electron chi connectivity index (χ4n) is 11.0. The minimum absolute atomic E-state index is 0.0196. The molecular weight excluding hydrogens is 823 g/mol. The van der Waals surface area contributed by atoms with Crippen LogP contribution in [0.2, 0.25) is 0 Å². The lowest BCUT2D eigenvalue weighted by molar-refractivity contribution is -0.139. The molecule has 5 N–H and O–H groups in total. The SMILES string of the molecule is COC(=O)N[C@H](C(=O)N1[C@@H]2CC[C@@H](C2)[C@H]1c1nc2ccc(-c3ccc4c(c3)C(F)(F)c3cc(-c5cnc([C@@H]6CC7(CC7)CN6C(=O)[C@@H](NC(=O)O)C(C)C)[nH]5)ccc3-4)cc2[nH]1)C(C)C. The number of methoxy groups -OCH3 is 1. The summed E-state index contributed by atoms with van der Waals surface area (Å²) in [4.78, 5) is 71.7. The average molecular weight is 875 g/mol. The fourth-order valence-corrected chi connectivity index (χ4v) is 11.0. The number of alkyl carbamates (subject to hydrolysis) is 1. The van der Waals surface area contributed by atoms with Crippen LogP contribution in [0.15, 0.2) is 60.8 Å². The number of likely N-dealkylation sites (tertiary alicyclic amines) is 2. The smallest absolute Gasteiger partial charge is 0.407 e. The number of fused-ring (bicyclic) bond motifs is 6. The largest absolute Gasteiger partial charge is 0.465 e. The number of H-pyrrole nitrogens is 2. The molecular formula is C48H52F2N8O6. The number of aromatic amines is 2. The molecule has 4 amide bonds.